The minimum Gasteiger partial charge on any atom is -0.347 e. The van der Waals surface area contributed by atoms with E-state index in [4.69, 9.17) is 0 Å². The Morgan fingerprint density at radius 3 is 2.34 bits per heavy atom. The lowest BCUT2D eigenvalue weighted by Gasteiger charge is -2.41. The van der Waals surface area contributed by atoms with E-state index in [9.17, 15) is 9.59 Å². The van der Waals surface area contributed by atoms with Crippen LogP contribution in [0.15, 0.2) is 60.7 Å². The summed E-state index contributed by atoms with van der Waals surface area (Å²) >= 11 is 0. The van der Waals surface area contributed by atoms with Gasteiger partial charge in [-0.25, -0.2) is 0 Å². The van der Waals surface area contributed by atoms with Gasteiger partial charge in [0.15, 0.2) is 0 Å². The van der Waals surface area contributed by atoms with Gasteiger partial charge in [-0.2, -0.15) is 0 Å². The van der Waals surface area contributed by atoms with Gasteiger partial charge in [-0.1, -0.05) is 60.7 Å². The van der Waals surface area contributed by atoms with Crippen LogP contribution < -0.4 is 5.32 Å². The fraction of sp³-hybridized carbons (Fsp3) is 0.533. The number of carbonyl (C=O) groups excluding carboxylic acids is 2. The molecule has 4 unspecified atom stereocenters. The van der Waals surface area contributed by atoms with Crippen LogP contribution in [0.4, 0.5) is 0 Å². The van der Waals surface area contributed by atoms with Gasteiger partial charge in [-0.3, -0.25) is 14.5 Å². The van der Waals surface area contributed by atoms with E-state index in [-0.39, 0.29) is 29.2 Å². The van der Waals surface area contributed by atoms with E-state index in [0.29, 0.717) is 12.3 Å². The van der Waals surface area contributed by atoms with Gasteiger partial charge in [0.05, 0.1) is 6.54 Å². The van der Waals surface area contributed by atoms with Crippen molar-refractivity contribution in [1.82, 2.24) is 15.1 Å². The highest BCUT2D eigenvalue weighted by molar-refractivity contribution is 5.85. The lowest BCUT2D eigenvalue weighted by molar-refractivity contribution is -0.135. The summed E-state index contributed by atoms with van der Waals surface area (Å²) in [7, 11) is 0. The van der Waals surface area contributed by atoms with Crippen LogP contribution in [0.3, 0.4) is 0 Å². The Morgan fingerprint density at radius 1 is 0.886 bits per heavy atom. The Labute approximate surface area is 208 Å². The van der Waals surface area contributed by atoms with Crippen molar-refractivity contribution in [1.29, 1.82) is 0 Å². The molecule has 5 fully saturated rings. The molecular weight excluding hydrogens is 434 g/mol. The van der Waals surface area contributed by atoms with Crippen LogP contribution in [0.1, 0.15) is 49.7 Å². The second-order valence-electron chi connectivity index (χ2n) is 11.7. The molecule has 1 heterocycles. The van der Waals surface area contributed by atoms with Crippen molar-refractivity contribution in [2.24, 2.45) is 17.3 Å². The van der Waals surface area contributed by atoms with Gasteiger partial charge in [0.1, 0.15) is 0 Å². The topological polar surface area (TPSA) is 52.7 Å². The average Bonchev–Trinajstić information content (AvgIpc) is 3.25. The maximum atomic E-state index is 13.1. The SMILES string of the molecule is O=C(CC12CC3CC1CC(c1ccccc1)(C3)C2)NCC(=O)N1CCN(Cc2ccccc2)CC1. The zero-order chi connectivity index (χ0) is 23.9. The molecule has 7 rings (SSSR count). The Morgan fingerprint density at radius 2 is 1.60 bits per heavy atom. The van der Waals surface area contributed by atoms with Gasteiger partial charge >= 0.3 is 0 Å². The third-order valence-corrected chi connectivity index (χ3v) is 9.50. The zero-order valence-electron chi connectivity index (χ0n) is 20.6. The van der Waals surface area contributed by atoms with Crippen molar-refractivity contribution in [2.45, 2.75) is 50.5 Å². The minimum atomic E-state index is 0.0493. The van der Waals surface area contributed by atoms with Crippen molar-refractivity contribution >= 4 is 11.8 Å². The van der Waals surface area contributed by atoms with E-state index in [0.717, 1.165) is 45.1 Å². The molecule has 184 valence electrons. The monoisotopic (exact) mass is 471 g/mol. The van der Waals surface area contributed by atoms with E-state index >= 15 is 0 Å². The molecule has 5 aliphatic rings. The summed E-state index contributed by atoms with van der Waals surface area (Å²) in [5, 5.41) is 3.00. The standard InChI is InChI=1S/C30H37N3O2/c34-27(31-20-28(35)33-13-11-32(12-14-33)21-23-7-3-1-4-8-23)19-30-17-24-15-26(30)18-29(16-24,22-30)25-9-5-2-6-10-25/h1-10,24,26H,11-22H2,(H,31,34). The van der Waals surface area contributed by atoms with Crippen molar-refractivity contribution in [3.05, 3.63) is 71.8 Å². The molecule has 2 aromatic carbocycles. The molecule has 4 bridgehead atoms. The lowest BCUT2D eigenvalue weighted by Crippen LogP contribution is -2.51. The van der Waals surface area contributed by atoms with E-state index in [2.05, 4.69) is 64.8 Å². The van der Waals surface area contributed by atoms with E-state index < -0.39 is 0 Å². The van der Waals surface area contributed by atoms with Gasteiger partial charge in [0.2, 0.25) is 11.8 Å². The number of carbonyl (C=O) groups is 2. The maximum Gasteiger partial charge on any atom is 0.242 e. The number of hydrogen-bond acceptors (Lipinski definition) is 3. The number of amides is 2. The fourth-order valence-corrected chi connectivity index (χ4v) is 8.15. The second-order valence-corrected chi connectivity index (χ2v) is 11.7. The molecule has 35 heavy (non-hydrogen) atoms. The van der Waals surface area contributed by atoms with Crippen molar-refractivity contribution in [3.8, 4) is 0 Å². The van der Waals surface area contributed by atoms with Gasteiger partial charge in [-0.15, -0.1) is 0 Å². The smallest absolute Gasteiger partial charge is 0.242 e. The van der Waals surface area contributed by atoms with Crippen LogP contribution in [0.25, 0.3) is 0 Å². The molecule has 4 aliphatic carbocycles. The van der Waals surface area contributed by atoms with Gasteiger partial charge in [0.25, 0.3) is 0 Å². The number of nitrogens with zero attached hydrogens (tertiary/aromatic N) is 2. The first-order valence-corrected chi connectivity index (χ1v) is 13.4. The molecule has 2 aromatic rings. The zero-order valence-corrected chi connectivity index (χ0v) is 20.6. The largest absolute Gasteiger partial charge is 0.347 e. The number of benzene rings is 2. The molecule has 1 N–H and O–H groups in total. The highest BCUT2D eigenvalue weighted by atomic mass is 16.2. The highest BCUT2D eigenvalue weighted by Crippen LogP contribution is 2.71. The molecule has 2 amide bonds. The molecule has 4 saturated carbocycles. The third kappa shape index (κ3) is 4.40. The molecule has 0 aromatic heterocycles. The Hall–Kier alpha value is -2.66. The van der Waals surface area contributed by atoms with Crippen LogP contribution in [0.2, 0.25) is 0 Å². The van der Waals surface area contributed by atoms with E-state index in [1.165, 1.54) is 36.8 Å². The Bertz CT molecular complexity index is 1070. The summed E-state index contributed by atoms with van der Waals surface area (Å²) in [6, 6.07) is 21.5. The second kappa shape index (κ2) is 9.09. The summed E-state index contributed by atoms with van der Waals surface area (Å²) < 4.78 is 0. The average molecular weight is 472 g/mol. The number of piperazine rings is 1. The summed E-state index contributed by atoms with van der Waals surface area (Å²) in [6.07, 6.45) is 6.71. The number of nitrogens with one attached hydrogen (secondary N) is 1. The molecule has 0 spiro atoms. The molecule has 1 aliphatic heterocycles. The fourth-order valence-electron chi connectivity index (χ4n) is 8.15. The molecule has 1 saturated heterocycles. The first-order valence-electron chi connectivity index (χ1n) is 13.4. The van der Waals surface area contributed by atoms with Crippen molar-refractivity contribution in [3.63, 3.8) is 0 Å². The summed E-state index contributed by atoms with van der Waals surface area (Å²) in [4.78, 5) is 30.2. The first-order chi connectivity index (χ1) is 17.0. The quantitative estimate of drug-likeness (QED) is 0.665. The maximum absolute atomic E-state index is 13.1. The van der Waals surface area contributed by atoms with E-state index in [1.54, 1.807) is 0 Å². The highest BCUT2D eigenvalue weighted by Gasteiger charge is 2.64. The Balaban J connectivity index is 0.997. The summed E-state index contributed by atoms with van der Waals surface area (Å²) in [5.41, 5.74) is 3.18. The molecule has 4 atom stereocenters. The predicted molar refractivity (Wildman–Crippen MR) is 137 cm³/mol. The van der Waals surface area contributed by atoms with E-state index in [1.807, 2.05) is 11.0 Å². The minimum absolute atomic E-state index is 0.0493. The molecule has 5 nitrogen and oxygen atoms in total. The van der Waals surface area contributed by atoms with Crippen molar-refractivity contribution in [2.75, 3.05) is 32.7 Å². The molecular formula is C30H37N3O2. The van der Waals surface area contributed by atoms with Crippen LogP contribution >= 0.6 is 0 Å². The summed E-state index contributed by atoms with van der Waals surface area (Å²) in [5.74, 6) is 1.52. The molecule has 5 heteroatoms. The first kappa shape index (κ1) is 22.8. The van der Waals surface area contributed by atoms with Gasteiger partial charge in [0, 0.05) is 39.1 Å². The third-order valence-electron chi connectivity index (χ3n) is 9.50. The molecule has 0 radical (unpaired) electrons. The van der Waals surface area contributed by atoms with Gasteiger partial charge < -0.3 is 10.2 Å². The van der Waals surface area contributed by atoms with Gasteiger partial charge in [-0.05, 0) is 65.9 Å². The lowest BCUT2D eigenvalue weighted by atomic mass is 9.63. The number of rotatable bonds is 7. The van der Waals surface area contributed by atoms with Crippen molar-refractivity contribution < 1.29 is 9.59 Å². The van der Waals surface area contributed by atoms with Crippen LogP contribution in [-0.4, -0.2) is 54.3 Å². The van der Waals surface area contributed by atoms with Crippen LogP contribution in [0, 0.1) is 17.3 Å². The Kier molecular flexibility index (Phi) is 5.92. The normalized spacial score (nSPS) is 31.6. The summed E-state index contributed by atoms with van der Waals surface area (Å²) in [6.45, 7) is 4.27. The number of hydrogen-bond donors (Lipinski definition) is 1. The van der Waals surface area contributed by atoms with Crippen LogP contribution in [0.5, 0.6) is 0 Å². The van der Waals surface area contributed by atoms with Crippen LogP contribution in [-0.2, 0) is 21.5 Å². The predicted octanol–water partition coefficient (Wildman–Crippen LogP) is 3.99.